The first-order chi connectivity index (χ1) is 16.7. The van der Waals surface area contributed by atoms with Gasteiger partial charge in [-0.15, -0.1) is 11.8 Å². The molecule has 3 aromatic carbocycles. The largest absolute Gasteiger partial charge is 0.491 e. The van der Waals surface area contributed by atoms with Gasteiger partial charge in [0.05, 0.1) is 24.2 Å². The number of nitrogens with zero attached hydrogens (tertiary/aromatic N) is 1. The number of aryl methyl sites for hydroxylation is 1. The Morgan fingerprint density at radius 1 is 1.06 bits per heavy atom. The van der Waals surface area contributed by atoms with E-state index in [0.29, 0.717) is 6.61 Å². The van der Waals surface area contributed by atoms with Crippen LogP contribution in [0.15, 0.2) is 76.2 Å². The van der Waals surface area contributed by atoms with Crippen LogP contribution in [0.2, 0.25) is 0 Å². The van der Waals surface area contributed by atoms with Crippen LogP contribution in [0.25, 0.3) is 11.0 Å². The van der Waals surface area contributed by atoms with Gasteiger partial charge in [-0.1, -0.05) is 18.2 Å². The fourth-order valence-electron chi connectivity index (χ4n) is 4.51. The lowest BCUT2D eigenvalue weighted by molar-refractivity contribution is 0.0719. The van der Waals surface area contributed by atoms with Gasteiger partial charge in [0, 0.05) is 30.5 Å². The zero-order valence-electron chi connectivity index (χ0n) is 19.8. The summed E-state index contributed by atoms with van der Waals surface area (Å²) in [5, 5.41) is 4.64. The van der Waals surface area contributed by atoms with Gasteiger partial charge in [-0.25, -0.2) is 0 Å². The molecule has 0 spiro atoms. The normalized spacial score (nSPS) is 14.5. The molecule has 0 bridgehead atoms. The van der Waals surface area contributed by atoms with Gasteiger partial charge in [0.15, 0.2) is 5.58 Å². The number of fused-ring (bicyclic) bond motifs is 2. The van der Waals surface area contributed by atoms with Gasteiger partial charge in [-0.3, -0.25) is 5.32 Å². The van der Waals surface area contributed by atoms with Crippen molar-refractivity contribution >= 4 is 34.1 Å². The molecule has 1 unspecified atom stereocenters. The molecule has 6 heteroatoms. The molecular weight excluding hydrogens is 444 g/mol. The highest BCUT2D eigenvalue weighted by Gasteiger charge is 2.23. The van der Waals surface area contributed by atoms with Crippen LogP contribution in [0.4, 0.5) is 11.4 Å². The fourth-order valence-corrected chi connectivity index (χ4v) is 4.92. The van der Waals surface area contributed by atoms with Crippen LogP contribution in [0, 0.1) is 6.92 Å². The average molecular weight is 475 g/mol. The zero-order valence-corrected chi connectivity index (χ0v) is 20.7. The Bertz CT molecular complexity index is 1270. The first kappa shape index (κ1) is 22.8. The third-order valence-corrected chi connectivity index (χ3v) is 6.96. The number of hydrogen-bond donors (Lipinski definition) is 1. The minimum absolute atomic E-state index is 0.235. The second kappa shape index (κ2) is 10.1. The van der Waals surface area contributed by atoms with E-state index < -0.39 is 0 Å². The molecule has 5 nitrogen and oxygen atoms in total. The Hall–Kier alpha value is -2.93. The van der Waals surface area contributed by atoms with Crippen LogP contribution in [0.1, 0.15) is 29.3 Å². The number of nitrogens with one attached hydrogen (secondary N) is 1. The number of methoxy groups -OCH3 is 1. The number of rotatable bonds is 7. The maximum Gasteiger partial charge on any atom is 0.157 e. The smallest absolute Gasteiger partial charge is 0.157 e. The van der Waals surface area contributed by atoms with Crippen LogP contribution < -0.4 is 15.0 Å². The van der Waals surface area contributed by atoms with Crippen molar-refractivity contribution in [1.82, 2.24) is 5.32 Å². The number of ether oxygens (including phenoxy) is 2. The summed E-state index contributed by atoms with van der Waals surface area (Å²) < 4.78 is 17.9. The molecule has 1 aliphatic rings. The number of benzene rings is 3. The molecule has 0 saturated heterocycles. The molecule has 0 saturated carbocycles. The van der Waals surface area contributed by atoms with Crippen LogP contribution in [0.5, 0.6) is 5.75 Å². The molecule has 5 rings (SSSR count). The van der Waals surface area contributed by atoms with Gasteiger partial charge < -0.3 is 18.8 Å². The van der Waals surface area contributed by atoms with E-state index in [2.05, 4.69) is 78.0 Å². The topological polar surface area (TPSA) is 46.9 Å². The molecule has 0 radical (unpaired) electrons. The molecule has 0 amide bonds. The molecule has 0 aliphatic carbocycles. The minimum Gasteiger partial charge on any atom is -0.491 e. The molecule has 0 fully saturated rings. The third kappa shape index (κ3) is 4.67. The van der Waals surface area contributed by atoms with E-state index in [-0.39, 0.29) is 6.23 Å². The van der Waals surface area contributed by atoms with Crippen molar-refractivity contribution < 1.29 is 13.9 Å². The molecular formula is C28H30N2O3S. The van der Waals surface area contributed by atoms with Gasteiger partial charge in [0.1, 0.15) is 12.0 Å². The minimum atomic E-state index is -0.235. The predicted octanol–water partition coefficient (Wildman–Crippen LogP) is 6.82. The van der Waals surface area contributed by atoms with Gasteiger partial charge in [-0.2, -0.15) is 0 Å². The molecule has 2 heterocycles. The summed E-state index contributed by atoms with van der Waals surface area (Å²) in [6, 6.07) is 21.3. The summed E-state index contributed by atoms with van der Waals surface area (Å²) in [6.07, 6.45) is 4.54. The summed E-state index contributed by atoms with van der Waals surface area (Å²) in [6.45, 7) is 4.38. The summed E-state index contributed by atoms with van der Waals surface area (Å²) in [5.41, 5.74) is 6.50. The molecule has 1 aliphatic heterocycles. The molecule has 4 aromatic rings. The Morgan fingerprint density at radius 2 is 1.91 bits per heavy atom. The highest BCUT2D eigenvalue weighted by molar-refractivity contribution is 7.98. The Balaban J connectivity index is 1.42. The van der Waals surface area contributed by atoms with Crippen molar-refractivity contribution in [2.24, 2.45) is 0 Å². The standard InChI is InChI=1S/C28H30N2O3S/c1-19-15-21-11-14-33-27(21)25(16-19)30-12-4-13-32-26-17-22(7-10-24(26)30)28(31-2)29-18-20-5-8-23(34-3)9-6-20/h5-11,14-17,28-29H,4,12-13,18H2,1-3H3. The molecule has 1 atom stereocenters. The lowest BCUT2D eigenvalue weighted by atomic mass is 10.1. The Morgan fingerprint density at radius 3 is 2.71 bits per heavy atom. The number of thioether (sulfide) groups is 1. The SMILES string of the molecule is COC(NCc1ccc(SC)cc1)c1ccc2c(c1)OCCCN2c1cc(C)cc2ccoc12. The first-order valence-corrected chi connectivity index (χ1v) is 12.8. The zero-order chi connectivity index (χ0) is 23.5. The van der Waals surface area contributed by atoms with Crippen molar-refractivity contribution in [1.29, 1.82) is 0 Å². The maximum absolute atomic E-state index is 6.19. The van der Waals surface area contributed by atoms with Crippen molar-refractivity contribution in [2.75, 3.05) is 31.4 Å². The van der Waals surface area contributed by atoms with Crippen molar-refractivity contribution in [3.63, 3.8) is 0 Å². The van der Waals surface area contributed by atoms with E-state index in [9.17, 15) is 0 Å². The van der Waals surface area contributed by atoms with E-state index in [4.69, 9.17) is 13.9 Å². The second-order valence-electron chi connectivity index (χ2n) is 8.55. The van der Waals surface area contributed by atoms with E-state index in [0.717, 1.165) is 53.2 Å². The molecule has 1 N–H and O–H groups in total. The summed E-state index contributed by atoms with van der Waals surface area (Å²) in [5.74, 6) is 0.865. The van der Waals surface area contributed by atoms with Gasteiger partial charge in [0.2, 0.25) is 0 Å². The predicted molar refractivity (Wildman–Crippen MR) is 139 cm³/mol. The lowest BCUT2D eigenvalue weighted by Gasteiger charge is -2.26. The number of anilines is 2. The van der Waals surface area contributed by atoms with Gasteiger partial charge in [0.25, 0.3) is 0 Å². The van der Waals surface area contributed by atoms with Crippen LogP contribution in [0.3, 0.4) is 0 Å². The Kier molecular flexibility index (Phi) is 6.81. The quantitative estimate of drug-likeness (QED) is 0.234. The summed E-state index contributed by atoms with van der Waals surface area (Å²) in [7, 11) is 1.73. The molecule has 176 valence electrons. The van der Waals surface area contributed by atoms with Crippen molar-refractivity contribution in [3.8, 4) is 5.75 Å². The summed E-state index contributed by atoms with van der Waals surface area (Å²) >= 11 is 1.75. The van der Waals surface area contributed by atoms with E-state index >= 15 is 0 Å². The first-order valence-electron chi connectivity index (χ1n) is 11.6. The summed E-state index contributed by atoms with van der Waals surface area (Å²) in [4.78, 5) is 3.58. The number of hydrogen-bond acceptors (Lipinski definition) is 6. The fraction of sp³-hybridized carbons (Fsp3) is 0.286. The van der Waals surface area contributed by atoms with Gasteiger partial charge >= 0.3 is 0 Å². The maximum atomic E-state index is 6.19. The van der Waals surface area contributed by atoms with E-state index in [1.54, 1.807) is 25.1 Å². The highest BCUT2D eigenvalue weighted by Crippen LogP contribution is 2.41. The van der Waals surface area contributed by atoms with Crippen molar-refractivity contribution in [2.45, 2.75) is 31.0 Å². The average Bonchev–Trinajstić information content (AvgIpc) is 3.23. The van der Waals surface area contributed by atoms with E-state index in [1.807, 2.05) is 6.07 Å². The second-order valence-corrected chi connectivity index (χ2v) is 9.43. The van der Waals surface area contributed by atoms with Crippen LogP contribution >= 0.6 is 11.8 Å². The highest BCUT2D eigenvalue weighted by atomic mass is 32.2. The van der Waals surface area contributed by atoms with E-state index in [1.165, 1.54) is 16.0 Å². The monoisotopic (exact) mass is 474 g/mol. The van der Waals surface area contributed by atoms with Crippen molar-refractivity contribution in [3.05, 3.63) is 83.6 Å². The Labute approximate surface area is 205 Å². The number of furan rings is 1. The van der Waals surface area contributed by atoms with Gasteiger partial charge in [-0.05, 0) is 78.8 Å². The van der Waals surface area contributed by atoms with Crippen LogP contribution in [-0.2, 0) is 11.3 Å². The molecule has 34 heavy (non-hydrogen) atoms. The molecule has 1 aromatic heterocycles. The van der Waals surface area contributed by atoms with Crippen LogP contribution in [-0.4, -0.2) is 26.5 Å². The third-order valence-electron chi connectivity index (χ3n) is 6.21. The lowest BCUT2D eigenvalue weighted by Crippen LogP contribution is -2.23.